The van der Waals surface area contributed by atoms with Crippen molar-refractivity contribution < 1.29 is 14.7 Å². The van der Waals surface area contributed by atoms with Crippen molar-refractivity contribution in [1.82, 2.24) is 0 Å². The number of aliphatic imine (C=N–C) groups is 1. The summed E-state index contributed by atoms with van der Waals surface area (Å²) >= 11 is 6.51. The van der Waals surface area contributed by atoms with Gasteiger partial charge in [-0.05, 0) is 0 Å². The quantitative estimate of drug-likeness (QED) is 0.338. The van der Waals surface area contributed by atoms with Crippen LogP contribution in [-0.2, 0) is 9.59 Å². The van der Waals surface area contributed by atoms with Crippen molar-refractivity contribution in [2.75, 3.05) is 5.75 Å². The fraction of sp³-hybridized carbons (Fsp3) is 0.571. The predicted octanol–water partition coefficient (Wildman–Crippen LogP) is -0.798. The van der Waals surface area contributed by atoms with Gasteiger partial charge in [-0.2, -0.15) is 0 Å². The van der Waals surface area contributed by atoms with Crippen molar-refractivity contribution >= 4 is 45.1 Å². The van der Waals surface area contributed by atoms with Gasteiger partial charge in [-0.1, -0.05) is 0 Å². The number of carboxylic acids is 1. The van der Waals surface area contributed by atoms with Gasteiger partial charge in [0.05, 0.1) is 0 Å². The fourth-order valence-corrected chi connectivity index (χ4v) is 1.09. The van der Waals surface area contributed by atoms with E-state index < -0.39 is 17.9 Å². The van der Waals surface area contributed by atoms with Crippen molar-refractivity contribution in [3.05, 3.63) is 0 Å². The zero-order chi connectivity index (χ0) is 11.1. The zero-order valence-corrected chi connectivity index (χ0v) is 9.95. The summed E-state index contributed by atoms with van der Waals surface area (Å²) in [6.45, 7) is 0. The molecule has 0 unspecified atom stereocenters. The van der Waals surface area contributed by atoms with E-state index in [0.29, 0.717) is 10.4 Å². The molecule has 0 spiro atoms. The van der Waals surface area contributed by atoms with Crippen LogP contribution >= 0.6 is 12.6 Å². The van der Waals surface area contributed by atoms with Crippen molar-refractivity contribution in [3.8, 4) is 0 Å². The van der Waals surface area contributed by atoms with Crippen LogP contribution in [0.4, 0.5) is 0 Å². The van der Waals surface area contributed by atoms with Crippen LogP contribution in [0.5, 0.6) is 0 Å². The van der Waals surface area contributed by atoms with E-state index in [9.17, 15) is 9.59 Å². The predicted molar refractivity (Wildman–Crippen MR) is 56.9 cm³/mol. The Morgan fingerprint density at radius 1 is 1.57 bits per heavy atom. The Balaban J connectivity index is 4.30. The summed E-state index contributed by atoms with van der Waals surface area (Å²) in [5, 5.41) is 8.73. The number of hydrogen-bond acceptors (Lipinski definition) is 4. The van der Waals surface area contributed by atoms with Gasteiger partial charge in [0.1, 0.15) is 0 Å². The monoisotopic (exact) mass is 283 g/mol. The van der Waals surface area contributed by atoms with Crippen molar-refractivity contribution in [3.63, 3.8) is 0 Å². The van der Waals surface area contributed by atoms with E-state index >= 15 is 0 Å². The molecule has 0 aromatic rings. The van der Waals surface area contributed by atoms with Crippen LogP contribution in [0.2, 0.25) is 0 Å². The fourth-order valence-electron chi connectivity index (χ4n) is 0.737. The standard InChI is InChI=1S/C7H11N2O3SSe/c8-5(10)2-1-4(7(11)12)9-6(14)3-13/h4,13H,1-3H2,(H2,8,10)(H,11,12)/t4-/m0/s1. The molecule has 0 aliphatic heterocycles. The number of nitrogens with zero attached hydrogens (tertiary/aromatic N) is 1. The Morgan fingerprint density at radius 3 is 2.50 bits per heavy atom. The minimum atomic E-state index is -1.07. The molecule has 7 heteroatoms. The molecule has 0 heterocycles. The average molecular weight is 282 g/mol. The number of carboxylic acid groups (broad SMARTS) is 1. The van der Waals surface area contributed by atoms with Crippen LogP contribution in [0.3, 0.4) is 0 Å². The summed E-state index contributed by atoms with van der Waals surface area (Å²) in [5.41, 5.74) is 4.90. The van der Waals surface area contributed by atoms with E-state index in [1.165, 1.54) is 0 Å². The molecule has 0 fully saturated rings. The maximum absolute atomic E-state index is 10.7. The van der Waals surface area contributed by atoms with Crippen LogP contribution in [0, 0.1) is 0 Å². The van der Waals surface area contributed by atoms with Gasteiger partial charge in [0, 0.05) is 0 Å². The molecule has 0 saturated heterocycles. The van der Waals surface area contributed by atoms with E-state index in [1.807, 2.05) is 0 Å². The van der Waals surface area contributed by atoms with Crippen LogP contribution in [0.1, 0.15) is 12.8 Å². The Bertz CT molecular complexity index is 257. The SMILES string of the molecule is NC(=O)CC[C@H](N=C([Se])CS)C(=O)O. The summed E-state index contributed by atoms with van der Waals surface area (Å²) in [5.74, 6) is -1.25. The first-order valence-electron chi connectivity index (χ1n) is 3.83. The van der Waals surface area contributed by atoms with Crippen LogP contribution in [0.25, 0.3) is 0 Å². The van der Waals surface area contributed by atoms with Gasteiger partial charge < -0.3 is 0 Å². The second kappa shape index (κ2) is 6.86. The van der Waals surface area contributed by atoms with Crippen LogP contribution < -0.4 is 5.73 Å². The molecule has 0 aliphatic rings. The summed E-state index contributed by atoms with van der Waals surface area (Å²) in [4.78, 5) is 24.9. The van der Waals surface area contributed by atoms with Crippen molar-refractivity contribution in [2.45, 2.75) is 18.9 Å². The molecule has 0 bridgehead atoms. The number of carbonyl (C=O) groups excluding carboxylic acids is 1. The Morgan fingerprint density at radius 2 is 2.14 bits per heavy atom. The topological polar surface area (TPSA) is 92.8 Å². The molecule has 0 aliphatic carbocycles. The summed E-state index contributed by atoms with van der Waals surface area (Å²) in [6, 6.07) is -0.925. The van der Waals surface area contributed by atoms with Gasteiger partial charge in [-0.3, -0.25) is 0 Å². The molecule has 0 aromatic carbocycles. The van der Waals surface area contributed by atoms with Crippen molar-refractivity contribution in [1.29, 1.82) is 0 Å². The van der Waals surface area contributed by atoms with Crippen molar-refractivity contribution in [2.24, 2.45) is 10.7 Å². The molecule has 0 aromatic heterocycles. The van der Waals surface area contributed by atoms with Gasteiger partial charge >= 0.3 is 95.2 Å². The van der Waals surface area contributed by atoms with Gasteiger partial charge in [-0.25, -0.2) is 0 Å². The second-order valence-electron chi connectivity index (χ2n) is 2.54. The molecule has 0 rings (SSSR count). The normalized spacial score (nSPS) is 13.6. The Labute approximate surface area is 95.4 Å². The molecule has 14 heavy (non-hydrogen) atoms. The first-order valence-corrected chi connectivity index (χ1v) is 5.32. The van der Waals surface area contributed by atoms with Gasteiger partial charge in [-0.15, -0.1) is 0 Å². The third-order valence-corrected chi connectivity index (χ3v) is 2.69. The maximum atomic E-state index is 10.7. The van der Waals surface area contributed by atoms with Gasteiger partial charge in [0.2, 0.25) is 0 Å². The summed E-state index contributed by atoms with van der Waals surface area (Å²) < 4.78 is 0.505. The van der Waals surface area contributed by atoms with Gasteiger partial charge in [0.15, 0.2) is 0 Å². The summed E-state index contributed by atoms with van der Waals surface area (Å²) in [6.07, 6.45) is 0.129. The van der Waals surface area contributed by atoms with E-state index in [-0.39, 0.29) is 12.8 Å². The number of rotatable bonds is 6. The number of hydrogen-bond donors (Lipinski definition) is 3. The molecule has 1 atom stereocenters. The zero-order valence-electron chi connectivity index (χ0n) is 7.34. The average Bonchev–Trinajstić information content (AvgIpc) is 2.10. The van der Waals surface area contributed by atoms with Crippen LogP contribution in [0.15, 0.2) is 4.99 Å². The third kappa shape index (κ3) is 6.01. The molecular formula is C7H11N2O3SSe. The van der Waals surface area contributed by atoms with Gasteiger partial charge in [0.25, 0.3) is 0 Å². The number of carbonyl (C=O) groups is 2. The number of aliphatic carboxylic acids is 1. The number of nitrogens with two attached hydrogens (primary N) is 1. The molecule has 79 valence electrons. The number of thiol groups is 1. The molecule has 5 nitrogen and oxygen atoms in total. The first-order chi connectivity index (χ1) is 6.47. The van der Waals surface area contributed by atoms with E-state index in [2.05, 4.69) is 33.6 Å². The second-order valence-corrected chi connectivity index (χ2v) is 3.84. The van der Waals surface area contributed by atoms with E-state index in [1.54, 1.807) is 0 Å². The molecule has 0 saturated carbocycles. The molecular weight excluding hydrogens is 271 g/mol. The molecule has 1 amide bonds. The Hall–Kier alpha value is -0.521. The molecule has 1 radical (unpaired) electrons. The Kier molecular flexibility index (Phi) is 6.61. The third-order valence-electron chi connectivity index (χ3n) is 1.38. The summed E-state index contributed by atoms with van der Waals surface area (Å²) in [7, 11) is 0. The number of amides is 1. The number of primary amides is 1. The van der Waals surface area contributed by atoms with E-state index in [4.69, 9.17) is 10.8 Å². The van der Waals surface area contributed by atoms with Crippen LogP contribution in [-0.4, -0.2) is 49.4 Å². The first kappa shape index (κ1) is 13.5. The molecule has 3 N–H and O–H groups in total. The van der Waals surface area contributed by atoms with E-state index in [0.717, 1.165) is 0 Å². The minimum absolute atomic E-state index is 0.0142.